The van der Waals surface area contributed by atoms with Crippen LogP contribution in [0, 0.1) is 0 Å². The molecule has 1 fully saturated rings. The highest BCUT2D eigenvalue weighted by Gasteiger charge is 2.31. The first-order valence-corrected chi connectivity index (χ1v) is 8.02. The van der Waals surface area contributed by atoms with Crippen molar-refractivity contribution in [1.82, 2.24) is 20.3 Å². The summed E-state index contributed by atoms with van der Waals surface area (Å²) in [5, 5.41) is 10.7. The average Bonchev–Trinajstić information content (AvgIpc) is 3.29. The molecule has 1 aromatic heterocycles. The van der Waals surface area contributed by atoms with Gasteiger partial charge in [0.15, 0.2) is 0 Å². The Labute approximate surface area is 139 Å². The quantitative estimate of drug-likeness (QED) is 0.805. The van der Waals surface area contributed by atoms with Gasteiger partial charge in [-0.2, -0.15) is 15.4 Å². The van der Waals surface area contributed by atoms with Gasteiger partial charge in [-0.1, -0.05) is 12.1 Å². The summed E-state index contributed by atoms with van der Waals surface area (Å²) in [5.74, 6) is 0.848. The van der Waals surface area contributed by atoms with E-state index in [9.17, 15) is 4.79 Å². The molecule has 0 saturated carbocycles. The van der Waals surface area contributed by atoms with Gasteiger partial charge in [0.05, 0.1) is 13.2 Å². The van der Waals surface area contributed by atoms with Crippen LogP contribution in [-0.4, -0.2) is 39.9 Å². The topological polar surface area (TPSA) is 71.1 Å². The zero-order valence-electron chi connectivity index (χ0n) is 13.4. The third-order valence-corrected chi connectivity index (χ3v) is 4.56. The molecule has 2 heterocycles. The van der Waals surface area contributed by atoms with E-state index in [2.05, 4.69) is 21.5 Å². The van der Waals surface area contributed by atoms with Crippen LogP contribution in [-0.2, 0) is 0 Å². The van der Waals surface area contributed by atoms with Crippen LogP contribution in [0.4, 0.5) is 0 Å². The highest BCUT2D eigenvalue weighted by Crippen LogP contribution is 2.34. The minimum Gasteiger partial charge on any atom is -0.497 e. The van der Waals surface area contributed by atoms with Gasteiger partial charge in [0.25, 0.3) is 5.91 Å². The third kappa shape index (κ3) is 2.50. The maximum atomic E-state index is 13.0. The van der Waals surface area contributed by atoms with Crippen LogP contribution in [0.3, 0.4) is 0 Å². The number of amides is 1. The van der Waals surface area contributed by atoms with Crippen molar-refractivity contribution in [3.05, 3.63) is 53.6 Å². The Morgan fingerprint density at radius 2 is 2.08 bits per heavy atom. The summed E-state index contributed by atoms with van der Waals surface area (Å²) in [4.78, 5) is 14.9. The standard InChI is InChI=1S/C18H18N4O2/c1-24-14-5-2-4-12(10-14)17-6-3-9-22(17)18(23)13-7-8-15-16(11-13)20-21-19-15/h2,4-5,7-8,10-11,17H,3,6,9H2,1H3,(H,19,20,21)/t17-/m1/s1. The minimum absolute atomic E-state index is 0.0326. The number of benzene rings is 2. The SMILES string of the molecule is COc1cccc([C@H]2CCCN2C(=O)c2ccc3n[nH]nc3c2)c1. The summed E-state index contributed by atoms with van der Waals surface area (Å²) in [6, 6.07) is 13.5. The molecule has 122 valence electrons. The molecule has 4 rings (SSSR count). The molecule has 1 N–H and O–H groups in total. The summed E-state index contributed by atoms with van der Waals surface area (Å²) in [7, 11) is 1.66. The molecule has 2 aromatic carbocycles. The molecule has 0 radical (unpaired) electrons. The van der Waals surface area contributed by atoms with Gasteiger partial charge in [0, 0.05) is 12.1 Å². The molecule has 0 bridgehead atoms. The number of nitrogens with one attached hydrogen (secondary N) is 1. The summed E-state index contributed by atoms with van der Waals surface area (Å²) >= 11 is 0. The number of hydrogen-bond acceptors (Lipinski definition) is 4. The Kier molecular flexibility index (Phi) is 3.65. The largest absolute Gasteiger partial charge is 0.497 e. The molecule has 6 nitrogen and oxygen atoms in total. The van der Waals surface area contributed by atoms with Crippen molar-refractivity contribution in [2.75, 3.05) is 13.7 Å². The first-order chi connectivity index (χ1) is 11.8. The van der Waals surface area contributed by atoms with E-state index in [0.29, 0.717) is 11.1 Å². The molecular weight excluding hydrogens is 304 g/mol. The third-order valence-electron chi connectivity index (χ3n) is 4.56. The molecule has 1 saturated heterocycles. The fourth-order valence-electron chi connectivity index (χ4n) is 3.34. The van der Waals surface area contributed by atoms with E-state index in [4.69, 9.17) is 4.74 Å². The molecule has 0 unspecified atom stereocenters. The lowest BCUT2D eigenvalue weighted by Gasteiger charge is -2.25. The van der Waals surface area contributed by atoms with Crippen molar-refractivity contribution in [2.45, 2.75) is 18.9 Å². The van der Waals surface area contributed by atoms with E-state index in [1.165, 1.54) is 0 Å². The van der Waals surface area contributed by atoms with Gasteiger partial charge in [0.2, 0.25) is 0 Å². The number of methoxy groups -OCH3 is 1. The van der Waals surface area contributed by atoms with Crippen molar-refractivity contribution in [3.8, 4) is 5.75 Å². The Hall–Kier alpha value is -2.89. The van der Waals surface area contributed by atoms with Crippen LogP contribution in [0.25, 0.3) is 11.0 Å². The van der Waals surface area contributed by atoms with Crippen LogP contribution in [0.2, 0.25) is 0 Å². The number of hydrogen-bond donors (Lipinski definition) is 1. The summed E-state index contributed by atoms with van der Waals surface area (Å²) in [6.45, 7) is 0.761. The number of aromatic amines is 1. The van der Waals surface area contributed by atoms with Crippen LogP contribution in [0.5, 0.6) is 5.75 Å². The fourth-order valence-corrected chi connectivity index (χ4v) is 3.34. The van der Waals surface area contributed by atoms with Gasteiger partial charge in [-0.3, -0.25) is 4.79 Å². The molecule has 0 spiro atoms. The monoisotopic (exact) mass is 322 g/mol. The Morgan fingerprint density at radius 3 is 2.96 bits per heavy atom. The summed E-state index contributed by atoms with van der Waals surface area (Å²) in [6.07, 6.45) is 1.96. The summed E-state index contributed by atoms with van der Waals surface area (Å²) in [5.41, 5.74) is 3.23. The second-order valence-corrected chi connectivity index (χ2v) is 5.96. The van der Waals surface area contributed by atoms with Gasteiger partial charge >= 0.3 is 0 Å². The van der Waals surface area contributed by atoms with Gasteiger partial charge in [-0.25, -0.2) is 0 Å². The first-order valence-electron chi connectivity index (χ1n) is 8.02. The number of H-pyrrole nitrogens is 1. The Morgan fingerprint density at radius 1 is 1.21 bits per heavy atom. The van der Waals surface area contributed by atoms with Crippen molar-refractivity contribution >= 4 is 16.9 Å². The van der Waals surface area contributed by atoms with Crippen molar-refractivity contribution in [3.63, 3.8) is 0 Å². The first kappa shape index (κ1) is 14.7. The molecule has 6 heteroatoms. The van der Waals surface area contributed by atoms with E-state index < -0.39 is 0 Å². The van der Waals surface area contributed by atoms with Gasteiger partial charge in [-0.15, -0.1) is 0 Å². The average molecular weight is 322 g/mol. The molecule has 1 aliphatic rings. The van der Waals surface area contributed by atoms with Crippen LogP contribution >= 0.6 is 0 Å². The van der Waals surface area contributed by atoms with E-state index >= 15 is 0 Å². The Bertz CT molecular complexity index is 889. The number of ether oxygens (including phenoxy) is 1. The molecule has 3 aromatic rings. The lowest BCUT2D eigenvalue weighted by Crippen LogP contribution is -2.30. The maximum absolute atomic E-state index is 13.0. The molecule has 24 heavy (non-hydrogen) atoms. The fraction of sp³-hybridized carbons (Fsp3) is 0.278. The highest BCUT2D eigenvalue weighted by molar-refractivity contribution is 5.97. The van der Waals surface area contributed by atoms with E-state index in [1.54, 1.807) is 13.2 Å². The number of likely N-dealkylation sites (tertiary alicyclic amines) is 1. The molecule has 1 aliphatic heterocycles. The molecule has 0 aliphatic carbocycles. The van der Waals surface area contributed by atoms with Crippen LogP contribution < -0.4 is 4.74 Å². The van der Waals surface area contributed by atoms with Crippen LogP contribution in [0.15, 0.2) is 42.5 Å². The highest BCUT2D eigenvalue weighted by atomic mass is 16.5. The second-order valence-electron chi connectivity index (χ2n) is 5.96. The van der Waals surface area contributed by atoms with Gasteiger partial charge in [0.1, 0.15) is 16.8 Å². The number of carbonyl (C=O) groups is 1. The second kappa shape index (κ2) is 5.96. The van der Waals surface area contributed by atoms with Crippen molar-refractivity contribution < 1.29 is 9.53 Å². The maximum Gasteiger partial charge on any atom is 0.254 e. The van der Waals surface area contributed by atoms with E-state index in [0.717, 1.165) is 36.2 Å². The number of fused-ring (bicyclic) bond motifs is 1. The number of nitrogens with zero attached hydrogens (tertiary/aromatic N) is 3. The van der Waals surface area contributed by atoms with Crippen molar-refractivity contribution in [2.24, 2.45) is 0 Å². The summed E-state index contributed by atoms with van der Waals surface area (Å²) < 4.78 is 5.31. The van der Waals surface area contributed by atoms with Crippen molar-refractivity contribution in [1.29, 1.82) is 0 Å². The van der Waals surface area contributed by atoms with Gasteiger partial charge in [-0.05, 0) is 48.7 Å². The predicted molar refractivity (Wildman–Crippen MR) is 89.9 cm³/mol. The lowest BCUT2D eigenvalue weighted by atomic mass is 10.0. The smallest absolute Gasteiger partial charge is 0.254 e. The molecule has 1 atom stereocenters. The zero-order valence-corrected chi connectivity index (χ0v) is 13.4. The lowest BCUT2D eigenvalue weighted by molar-refractivity contribution is 0.0735. The minimum atomic E-state index is 0.0326. The molecular formula is C18H18N4O2. The zero-order chi connectivity index (χ0) is 16.5. The molecule has 1 amide bonds. The Balaban J connectivity index is 1.64. The van der Waals surface area contributed by atoms with E-state index in [1.807, 2.05) is 35.2 Å². The number of rotatable bonds is 3. The normalized spacial score (nSPS) is 17.4. The number of carbonyl (C=O) groups excluding carboxylic acids is 1. The predicted octanol–water partition coefficient (Wildman–Crippen LogP) is 2.94. The van der Waals surface area contributed by atoms with Gasteiger partial charge < -0.3 is 9.64 Å². The van der Waals surface area contributed by atoms with Crippen LogP contribution in [0.1, 0.15) is 34.8 Å². The number of aromatic nitrogens is 3. The van der Waals surface area contributed by atoms with E-state index in [-0.39, 0.29) is 11.9 Å².